The molecular weight excluding hydrogens is 755 g/mol. The van der Waals surface area contributed by atoms with Crippen molar-refractivity contribution in [1.82, 2.24) is 21.0 Å². The number of anilines is 1. The van der Waals surface area contributed by atoms with Crippen molar-refractivity contribution in [2.24, 2.45) is 22.4 Å². The first kappa shape index (κ1) is 48.7. The van der Waals surface area contributed by atoms with Gasteiger partial charge in [-0.05, 0) is 72.1 Å². The van der Waals surface area contributed by atoms with Gasteiger partial charge in [-0.15, -0.1) is 0 Å². The number of methoxy groups -OCH3 is 2. The molecule has 15 heteroatoms. The number of unbranched alkanes of at least 4 members (excludes halogenated alkanes) is 1. The molecule has 15 nitrogen and oxygen atoms in total. The second-order valence-corrected chi connectivity index (χ2v) is 17.6. The van der Waals surface area contributed by atoms with Crippen molar-refractivity contribution in [1.29, 1.82) is 0 Å². The first-order valence-electron chi connectivity index (χ1n) is 20.2. The molecule has 7 N–H and O–H groups in total. The van der Waals surface area contributed by atoms with Crippen molar-refractivity contribution in [2.75, 3.05) is 59.0 Å². The van der Waals surface area contributed by atoms with Crippen LogP contribution in [0.3, 0.4) is 0 Å². The molecule has 3 amide bonds. The summed E-state index contributed by atoms with van der Waals surface area (Å²) in [7, 11) is 4.69. The lowest BCUT2D eigenvalue weighted by Gasteiger charge is -2.39. The Balaban J connectivity index is 1.76. The van der Waals surface area contributed by atoms with Crippen LogP contribution in [0.5, 0.6) is 0 Å². The van der Waals surface area contributed by atoms with Crippen LogP contribution in [0.2, 0.25) is 0 Å². The van der Waals surface area contributed by atoms with Crippen LogP contribution < -0.4 is 32.4 Å². The number of alkyl carbamates (subject to hydrolysis) is 1. The van der Waals surface area contributed by atoms with Crippen LogP contribution in [0.25, 0.3) is 11.4 Å². The number of rotatable bonds is 21. The minimum atomic E-state index is -0.978. The highest BCUT2D eigenvalue weighted by Crippen LogP contribution is 2.41. The normalized spacial score (nSPS) is 15.2. The molecule has 1 aliphatic rings. The van der Waals surface area contributed by atoms with Crippen LogP contribution >= 0.6 is 0 Å². The number of ether oxygens (including phenoxy) is 4. The molecule has 328 valence electrons. The van der Waals surface area contributed by atoms with E-state index in [1.54, 1.807) is 19.1 Å². The molecule has 1 aliphatic heterocycles. The number of carbonyl (C=O) groups excluding carboxylic acids is 4. The number of fused-ring (bicyclic) bond motifs is 2. The number of carbonyl (C=O) groups is 4. The number of benzene rings is 2. The maximum atomic E-state index is 14.8. The zero-order chi connectivity index (χ0) is 44.2. The first-order valence-corrected chi connectivity index (χ1v) is 20.2. The number of esters is 1. The van der Waals surface area contributed by atoms with Crippen LogP contribution in [0, 0.1) is 10.8 Å². The van der Waals surface area contributed by atoms with Crippen LogP contribution in [0.4, 0.5) is 10.5 Å². The molecular formula is C44H69N7O8. The van der Waals surface area contributed by atoms with Crippen molar-refractivity contribution in [3.8, 4) is 0 Å². The second kappa shape index (κ2) is 21.0. The topological polar surface area (TPSA) is 200 Å². The number of nitrogens with two attached hydrogens (primary N) is 2. The summed E-state index contributed by atoms with van der Waals surface area (Å²) in [5.41, 5.74) is 7.62. The molecule has 0 fully saturated rings. The van der Waals surface area contributed by atoms with Crippen molar-refractivity contribution in [3.63, 3.8) is 0 Å². The fourth-order valence-corrected chi connectivity index (χ4v) is 7.07. The van der Waals surface area contributed by atoms with E-state index in [2.05, 4.69) is 16.0 Å². The van der Waals surface area contributed by atoms with E-state index in [1.165, 1.54) is 12.1 Å². The number of hydrogen-bond acceptors (Lipinski definition) is 12. The maximum Gasteiger partial charge on any atom is 0.407 e. The van der Waals surface area contributed by atoms with Crippen LogP contribution in [-0.2, 0) is 39.9 Å². The fraction of sp³-hybridized carbons (Fsp3) is 0.591. The summed E-state index contributed by atoms with van der Waals surface area (Å²) < 4.78 is 21.8. The number of hydrogen-bond donors (Lipinski definition) is 5. The standard InChI is InChI=1S/C44H69N7O8/c1-41(2,38(53)49-28-43(5,6)59-29-44(7,8)57-11)27-42(3,4)39(54)50-26-30-18-12-13-19-31(30)36(35(45)32-20-14-15-22-34(32)50)51(46)24-25-58-40(55)48-23-17-16-21-33(47-9)37(52)56-10/h12-15,18-20,22,33,47H,16-17,21,23-29,45-46H2,1-11H3,(H,48,55)(H,49,53)/b36-35-. The average molecular weight is 824 g/mol. The summed E-state index contributed by atoms with van der Waals surface area (Å²) in [6, 6.07) is 14.6. The Labute approximate surface area is 350 Å². The Morgan fingerprint density at radius 1 is 0.864 bits per heavy atom. The summed E-state index contributed by atoms with van der Waals surface area (Å²) in [6.07, 6.45) is 1.61. The molecule has 0 radical (unpaired) electrons. The largest absolute Gasteiger partial charge is 0.468 e. The molecule has 0 bridgehead atoms. The Bertz CT molecular complexity index is 1790. The highest BCUT2D eigenvalue weighted by atomic mass is 16.6. The molecule has 2 aromatic rings. The van der Waals surface area contributed by atoms with Gasteiger partial charge in [0.05, 0.1) is 55.1 Å². The Hall–Kier alpha value is -4.70. The Morgan fingerprint density at radius 3 is 2.15 bits per heavy atom. The third kappa shape index (κ3) is 13.7. The lowest BCUT2D eigenvalue weighted by molar-refractivity contribution is -0.143. The minimum absolute atomic E-state index is 0.0220. The third-order valence-electron chi connectivity index (χ3n) is 10.6. The van der Waals surface area contributed by atoms with Gasteiger partial charge in [0, 0.05) is 42.2 Å². The molecule has 0 spiro atoms. The summed E-state index contributed by atoms with van der Waals surface area (Å²) in [5.74, 6) is 6.02. The first-order chi connectivity index (χ1) is 27.6. The van der Waals surface area contributed by atoms with Gasteiger partial charge in [-0.1, -0.05) is 70.2 Å². The quantitative estimate of drug-likeness (QED) is 0.0493. The van der Waals surface area contributed by atoms with Crippen LogP contribution in [0.15, 0.2) is 48.5 Å². The van der Waals surface area contributed by atoms with E-state index < -0.39 is 34.2 Å². The van der Waals surface area contributed by atoms with Crippen LogP contribution in [-0.4, -0.2) is 100 Å². The van der Waals surface area contributed by atoms with E-state index in [9.17, 15) is 19.2 Å². The van der Waals surface area contributed by atoms with E-state index in [1.807, 2.05) is 104 Å². The minimum Gasteiger partial charge on any atom is -0.468 e. The Morgan fingerprint density at radius 2 is 1.51 bits per heavy atom. The Kier molecular flexibility index (Phi) is 17.3. The van der Waals surface area contributed by atoms with Gasteiger partial charge in [0.2, 0.25) is 11.8 Å². The van der Waals surface area contributed by atoms with Gasteiger partial charge in [-0.2, -0.15) is 0 Å². The number of nitrogens with zero attached hydrogens (tertiary/aromatic N) is 2. The predicted octanol–water partition coefficient (Wildman–Crippen LogP) is 4.93. The van der Waals surface area contributed by atoms with Crippen molar-refractivity contribution in [3.05, 3.63) is 65.2 Å². The number of para-hydroxylation sites is 1. The van der Waals surface area contributed by atoms with E-state index in [4.69, 9.17) is 30.5 Å². The van der Waals surface area contributed by atoms with Gasteiger partial charge in [-0.3, -0.25) is 14.4 Å². The van der Waals surface area contributed by atoms with Gasteiger partial charge >= 0.3 is 12.1 Å². The monoisotopic (exact) mass is 824 g/mol. The summed E-state index contributed by atoms with van der Waals surface area (Å²) >= 11 is 0. The molecule has 0 saturated heterocycles. The van der Waals surface area contributed by atoms with Crippen molar-refractivity contribution >= 4 is 41.0 Å². The van der Waals surface area contributed by atoms with Crippen molar-refractivity contribution in [2.45, 2.75) is 105 Å². The molecule has 3 rings (SSSR count). The number of likely N-dealkylation sites (N-methyl/N-ethyl adjacent to an activating group) is 1. The number of nitrogens with one attached hydrogen (secondary N) is 3. The maximum absolute atomic E-state index is 14.8. The zero-order valence-corrected chi connectivity index (χ0v) is 37.1. The molecule has 0 aliphatic carbocycles. The molecule has 1 heterocycles. The highest BCUT2D eigenvalue weighted by Gasteiger charge is 2.42. The van der Waals surface area contributed by atoms with Crippen molar-refractivity contribution < 1.29 is 38.1 Å². The lowest BCUT2D eigenvalue weighted by atomic mass is 9.73. The molecule has 2 aromatic carbocycles. The van der Waals surface area contributed by atoms with E-state index in [-0.39, 0.29) is 50.4 Å². The summed E-state index contributed by atoms with van der Waals surface area (Å²) in [4.78, 5) is 54.5. The molecule has 59 heavy (non-hydrogen) atoms. The smallest absolute Gasteiger partial charge is 0.407 e. The predicted molar refractivity (Wildman–Crippen MR) is 230 cm³/mol. The van der Waals surface area contributed by atoms with Gasteiger partial charge in [-0.25, -0.2) is 10.6 Å². The van der Waals surface area contributed by atoms with Crippen LogP contribution in [0.1, 0.15) is 97.8 Å². The molecule has 0 aromatic heterocycles. The molecule has 0 saturated carbocycles. The van der Waals surface area contributed by atoms with E-state index in [0.29, 0.717) is 55.1 Å². The zero-order valence-electron chi connectivity index (χ0n) is 37.1. The SMILES string of the molecule is CNC(CCCCNC(=O)OCCN(N)/C1=C(\N)c2ccccc2N(C(=O)C(C)(C)CC(C)(C)C(=O)NCC(C)(C)OCC(C)(C)OC)Cc2ccccc21)C(=O)OC. The molecule has 1 atom stereocenters. The molecule has 1 unspecified atom stereocenters. The average Bonchev–Trinajstić information content (AvgIpc) is 3.18. The fourth-order valence-electron chi connectivity index (χ4n) is 7.07. The van der Waals surface area contributed by atoms with E-state index in [0.717, 1.165) is 11.1 Å². The number of amides is 3. The van der Waals surface area contributed by atoms with Gasteiger partial charge < -0.3 is 50.5 Å². The summed E-state index contributed by atoms with van der Waals surface area (Å²) in [5, 5.41) is 10.2. The highest BCUT2D eigenvalue weighted by molar-refractivity contribution is 6.03. The van der Waals surface area contributed by atoms with Gasteiger partial charge in [0.1, 0.15) is 12.6 Å². The summed E-state index contributed by atoms with van der Waals surface area (Å²) in [6.45, 7) is 16.5. The van der Waals surface area contributed by atoms with E-state index >= 15 is 0 Å². The van der Waals surface area contributed by atoms with Gasteiger partial charge in [0.15, 0.2) is 0 Å². The number of hydrazine groups is 1. The lowest BCUT2D eigenvalue weighted by Crippen LogP contribution is -2.49. The third-order valence-corrected chi connectivity index (χ3v) is 10.6. The van der Waals surface area contributed by atoms with Gasteiger partial charge in [0.25, 0.3) is 0 Å². The second-order valence-electron chi connectivity index (χ2n) is 17.6.